The fraction of sp³-hybridized carbons (Fsp3) is 0.455. The van der Waals surface area contributed by atoms with E-state index in [9.17, 15) is 8.42 Å². The van der Waals surface area contributed by atoms with Crippen LogP contribution in [0.5, 0.6) is 0 Å². The van der Waals surface area contributed by atoms with Gasteiger partial charge in [-0.1, -0.05) is 12.1 Å². The first-order valence-corrected chi connectivity index (χ1v) is 7.12. The third-order valence-corrected chi connectivity index (χ3v) is 4.02. The Bertz CT molecular complexity index is 495. The molecule has 0 atom stereocenters. The molecule has 0 unspecified atom stereocenters. The zero-order valence-electron chi connectivity index (χ0n) is 9.46. The summed E-state index contributed by atoms with van der Waals surface area (Å²) in [7, 11) is -3.67. The van der Waals surface area contributed by atoms with Gasteiger partial charge in [-0.25, -0.2) is 13.6 Å². The van der Waals surface area contributed by atoms with Crippen molar-refractivity contribution in [1.82, 2.24) is 0 Å². The number of hydrogen-bond acceptors (Lipinski definition) is 4. The fourth-order valence-electron chi connectivity index (χ4n) is 2.07. The molecule has 1 saturated carbocycles. The summed E-state index contributed by atoms with van der Waals surface area (Å²) in [5.74, 6) is 0.526. The molecular formula is C11H17N3O2S. The predicted molar refractivity (Wildman–Crippen MR) is 67.0 cm³/mol. The average Bonchev–Trinajstić information content (AvgIpc) is 2.22. The highest BCUT2D eigenvalue weighted by molar-refractivity contribution is 7.89. The highest BCUT2D eigenvalue weighted by atomic mass is 32.2. The molecule has 0 amide bonds. The Morgan fingerprint density at radius 2 is 1.94 bits per heavy atom. The van der Waals surface area contributed by atoms with E-state index in [1.54, 1.807) is 18.2 Å². The quantitative estimate of drug-likeness (QED) is 0.729. The molecule has 94 valence electrons. The number of primary sulfonamides is 1. The molecule has 1 fully saturated rings. The van der Waals surface area contributed by atoms with Gasteiger partial charge >= 0.3 is 0 Å². The second-order valence-corrected chi connectivity index (χ2v) is 6.05. The van der Waals surface area contributed by atoms with Crippen LogP contribution in [0.2, 0.25) is 0 Å². The van der Waals surface area contributed by atoms with Crippen LogP contribution in [0.3, 0.4) is 0 Å². The van der Waals surface area contributed by atoms with E-state index in [1.165, 1.54) is 6.07 Å². The Morgan fingerprint density at radius 3 is 2.53 bits per heavy atom. The Labute approximate surface area is 101 Å². The molecule has 2 rings (SSSR count). The predicted octanol–water partition coefficient (Wildman–Crippen LogP) is 0.483. The van der Waals surface area contributed by atoms with Gasteiger partial charge in [0.25, 0.3) is 0 Å². The van der Waals surface area contributed by atoms with Crippen LogP contribution in [-0.4, -0.2) is 21.0 Å². The number of sulfonamides is 1. The minimum atomic E-state index is -3.67. The van der Waals surface area contributed by atoms with Crippen LogP contribution >= 0.6 is 0 Å². The van der Waals surface area contributed by atoms with E-state index >= 15 is 0 Å². The molecule has 17 heavy (non-hydrogen) atoms. The maximum atomic E-state index is 11.4. The molecular weight excluding hydrogens is 238 g/mol. The normalized spacial score (nSPS) is 24.1. The van der Waals surface area contributed by atoms with E-state index < -0.39 is 10.0 Å². The van der Waals surface area contributed by atoms with Crippen molar-refractivity contribution in [3.05, 3.63) is 24.3 Å². The highest BCUT2D eigenvalue weighted by Gasteiger charge is 2.25. The minimum absolute atomic E-state index is 0.142. The summed E-state index contributed by atoms with van der Waals surface area (Å²) in [5, 5.41) is 8.27. The van der Waals surface area contributed by atoms with Crippen molar-refractivity contribution in [1.29, 1.82) is 0 Å². The van der Waals surface area contributed by atoms with Crippen LogP contribution in [0.1, 0.15) is 12.8 Å². The lowest BCUT2D eigenvalue weighted by Crippen LogP contribution is -2.39. The van der Waals surface area contributed by atoms with Gasteiger partial charge in [0, 0.05) is 12.6 Å². The summed E-state index contributed by atoms with van der Waals surface area (Å²) in [5.41, 5.74) is 6.26. The van der Waals surface area contributed by atoms with Crippen molar-refractivity contribution < 1.29 is 8.42 Å². The molecule has 0 spiro atoms. The average molecular weight is 255 g/mol. The van der Waals surface area contributed by atoms with E-state index in [0.29, 0.717) is 17.6 Å². The van der Waals surface area contributed by atoms with Crippen LogP contribution < -0.4 is 16.2 Å². The third-order valence-electron chi connectivity index (χ3n) is 3.05. The zero-order valence-corrected chi connectivity index (χ0v) is 10.3. The molecule has 0 aliphatic heterocycles. The van der Waals surface area contributed by atoms with E-state index in [2.05, 4.69) is 5.32 Å². The van der Waals surface area contributed by atoms with E-state index in [0.717, 1.165) is 19.4 Å². The summed E-state index contributed by atoms with van der Waals surface area (Å²) in [4.78, 5) is 0.142. The number of hydrogen-bond donors (Lipinski definition) is 3. The molecule has 0 radical (unpaired) electrons. The molecule has 0 heterocycles. The SMILES string of the molecule is NC1CC(CNc2ccccc2S(N)(=O)=O)C1. The number of benzene rings is 1. The maximum Gasteiger partial charge on any atom is 0.240 e. The number of nitrogens with one attached hydrogen (secondary N) is 1. The van der Waals surface area contributed by atoms with Crippen LogP contribution in [0.15, 0.2) is 29.2 Å². The second-order valence-electron chi connectivity index (χ2n) is 4.52. The minimum Gasteiger partial charge on any atom is -0.384 e. The van der Waals surface area contributed by atoms with Gasteiger partial charge in [-0.15, -0.1) is 0 Å². The number of nitrogens with two attached hydrogens (primary N) is 2. The van der Waals surface area contributed by atoms with Crippen molar-refractivity contribution in [2.75, 3.05) is 11.9 Å². The van der Waals surface area contributed by atoms with Crippen molar-refractivity contribution in [3.8, 4) is 0 Å². The second kappa shape index (κ2) is 4.64. The summed E-state index contributed by atoms with van der Waals surface area (Å²) in [6.45, 7) is 0.736. The van der Waals surface area contributed by atoms with Gasteiger partial charge in [0.15, 0.2) is 0 Å². The first kappa shape index (κ1) is 12.3. The van der Waals surface area contributed by atoms with Gasteiger partial charge in [0.05, 0.1) is 5.69 Å². The standard InChI is InChI=1S/C11H17N3O2S/c12-9-5-8(6-9)7-14-10-3-1-2-4-11(10)17(13,15)16/h1-4,8-9,14H,5-7,12H2,(H2,13,15,16). The van der Waals surface area contributed by atoms with Crippen LogP contribution in [0, 0.1) is 5.92 Å². The monoisotopic (exact) mass is 255 g/mol. The summed E-state index contributed by atoms with van der Waals surface area (Å²) in [6, 6.07) is 6.96. The van der Waals surface area contributed by atoms with Gasteiger partial charge in [-0.3, -0.25) is 0 Å². The molecule has 5 N–H and O–H groups in total. The van der Waals surface area contributed by atoms with E-state index in [1.807, 2.05) is 0 Å². The highest BCUT2D eigenvalue weighted by Crippen LogP contribution is 2.27. The Balaban J connectivity index is 2.05. The van der Waals surface area contributed by atoms with Crippen LogP contribution in [-0.2, 0) is 10.0 Å². The van der Waals surface area contributed by atoms with Crippen molar-refractivity contribution in [3.63, 3.8) is 0 Å². The first-order chi connectivity index (χ1) is 7.97. The summed E-state index contributed by atoms with van der Waals surface area (Å²) >= 11 is 0. The lowest BCUT2D eigenvalue weighted by atomic mass is 9.81. The largest absolute Gasteiger partial charge is 0.384 e. The number of para-hydroxylation sites is 1. The zero-order chi connectivity index (χ0) is 12.5. The number of rotatable bonds is 4. The fourth-order valence-corrected chi connectivity index (χ4v) is 2.78. The molecule has 0 saturated heterocycles. The Morgan fingerprint density at radius 1 is 1.29 bits per heavy atom. The molecule has 1 aromatic rings. The number of anilines is 1. The van der Waals surface area contributed by atoms with Crippen LogP contribution in [0.4, 0.5) is 5.69 Å². The molecule has 5 nitrogen and oxygen atoms in total. The summed E-state index contributed by atoms with van der Waals surface area (Å²) < 4.78 is 22.7. The molecule has 0 aromatic heterocycles. The first-order valence-electron chi connectivity index (χ1n) is 5.58. The van der Waals surface area contributed by atoms with Gasteiger partial charge in [-0.05, 0) is 30.9 Å². The van der Waals surface area contributed by atoms with Gasteiger partial charge in [0.1, 0.15) is 4.90 Å². The Hall–Kier alpha value is -1.11. The molecule has 6 heteroatoms. The topological polar surface area (TPSA) is 98.2 Å². The molecule has 0 bridgehead atoms. The van der Waals surface area contributed by atoms with Crippen molar-refractivity contribution in [2.45, 2.75) is 23.8 Å². The lowest BCUT2D eigenvalue weighted by Gasteiger charge is -2.32. The van der Waals surface area contributed by atoms with Gasteiger partial charge < -0.3 is 11.1 Å². The van der Waals surface area contributed by atoms with Gasteiger partial charge in [-0.2, -0.15) is 0 Å². The molecule has 1 aliphatic rings. The van der Waals surface area contributed by atoms with E-state index in [-0.39, 0.29) is 4.90 Å². The molecule has 1 aromatic carbocycles. The smallest absolute Gasteiger partial charge is 0.240 e. The molecule has 1 aliphatic carbocycles. The van der Waals surface area contributed by atoms with Crippen molar-refractivity contribution >= 4 is 15.7 Å². The Kier molecular flexibility index (Phi) is 3.37. The summed E-state index contributed by atoms with van der Waals surface area (Å²) in [6.07, 6.45) is 1.98. The van der Waals surface area contributed by atoms with Crippen molar-refractivity contribution in [2.24, 2.45) is 16.8 Å². The lowest BCUT2D eigenvalue weighted by molar-refractivity contribution is 0.280. The van der Waals surface area contributed by atoms with Gasteiger partial charge in [0.2, 0.25) is 10.0 Å². The van der Waals surface area contributed by atoms with Crippen LogP contribution in [0.25, 0.3) is 0 Å². The maximum absolute atomic E-state index is 11.4. The van der Waals surface area contributed by atoms with E-state index in [4.69, 9.17) is 10.9 Å². The third kappa shape index (κ3) is 2.96.